The molecule has 0 amide bonds. The number of aliphatic carboxylic acids is 1. The van der Waals surface area contributed by atoms with Crippen LogP contribution in [-0.4, -0.2) is 35.2 Å². The minimum absolute atomic E-state index is 0.604. The fourth-order valence-electron chi connectivity index (χ4n) is 1.84. The Labute approximate surface area is 161 Å². The Kier molecular flexibility index (Phi) is 8.13. The molecule has 0 radical (unpaired) electrons. The number of carbonyl (C=O) groups excluding carboxylic acids is 1. The number of hydrogen-bond acceptors (Lipinski definition) is 5. The lowest BCUT2D eigenvalue weighted by atomic mass is 10.3. The number of carbonyl (C=O) groups is 2. The number of hydrogen-bond donors (Lipinski definition) is 3. The number of nitrogens with one attached hydrogen (secondary N) is 2. The van der Waals surface area contributed by atoms with E-state index in [1.165, 1.54) is 13.8 Å². The highest BCUT2D eigenvalue weighted by molar-refractivity contribution is 7.55. The van der Waals surface area contributed by atoms with Crippen LogP contribution < -0.4 is 14.7 Å². The Bertz CT molecular complexity index is 824. The Morgan fingerprint density at radius 3 is 1.69 bits per heavy atom. The SMILES string of the molecule is CC(C)OC(=O)C(C)NP(=O)(NC(C)C(=O)O)Oc1c(F)c(F)c(F)c(F)c1F. The van der Waals surface area contributed by atoms with Crippen LogP contribution in [0.3, 0.4) is 0 Å². The molecule has 3 N–H and O–H groups in total. The molecular formula is C15H18F5N2O6P. The normalized spacial score (nSPS) is 15.5. The van der Waals surface area contributed by atoms with E-state index in [1.807, 2.05) is 10.2 Å². The van der Waals surface area contributed by atoms with Crippen molar-refractivity contribution in [3.8, 4) is 5.75 Å². The molecule has 0 heterocycles. The van der Waals surface area contributed by atoms with Gasteiger partial charge in [-0.15, -0.1) is 0 Å². The van der Waals surface area contributed by atoms with Gasteiger partial charge in [-0.05, 0) is 27.7 Å². The zero-order valence-electron chi connectivity index (χ0n) is 15.6. The molecule has 1 aromatic carbocycles. The minimum atomic E-state index is -4.93. The number of ether oxygens (including phenoxy) is 1. The van der Waals surface area contributed by atoms with Crippen molar-refractivity contribution in [1.82, 2.24) is 10.2 Å². The topological polar surface area (TPSA) is 114 Å². The maximum atomic E-state index is 13.9. The van der Waals surface area contributed by atoms with Crippen molar-refractivity contribution in [3.63, 3.8) is 0 Å². The van der Waals surface area contributed by atoms with Crippen molar-refractivity contribution in [2.24, 2.45) is 0 Å². The van der Waals surface area contributed by atoms with Crippen LogP contribution in [0.1, 0.15) is 27.7 Å². The van der Waals surface area contributed by atoms with Gasteiger partial charge >= 0.3 is 19.6 Å². The smallest absolute Gasteiger partial charge is 0.392 e. The van der Waals surface area contributed by atoms with Gasteiger partial charge in [0.2, 0.25) is 34.8 Å². The third kappa shape index (κ3) is 6.12. The second-order valence-corrected chi connectivity index (χ2v) is 7.87. The summed E-state index contributed by atoms with van der Waals surface area (Å²) < 4.78 is 89.9. The average molecular weight is 448 g/mol. The van der Waals surface area contributed by atoms with Gasteiger partial charge < -0.3 is 14.4 Å². The summed E-state index contributed by atoms with van der Waals surface area (Å²) in [5.74, 6) is -16.6. The fraction of sp³-hybridized carbons (Fsp3) is 0.467. The minimum Gasteiger partial charge on any atom is -0.480 e. The van der Waals surface area contributed by atoms with Gasteiger partial charge in [0, 0.05) is 0 Å². The van der Waals surface area contributed by atoms with Gasteiger partial charge in [-0.3, -0.25) is 9.59 Å². The maximum Gasteiger partial charge on any atom is 0.392 e. The van der Waals surface area contributed by atoms with Crippen molar-refractivity contribution in [3.05, 3.63) is 29.1 Å². The van der Waals surface area contributed by atoms with E-state index in [1.54, 1.807) is 0 Å². The molecular weight excluding hydrogens is 430 g/mol. The molecule has 3 atom stereocenters. The van der Waals surface area contributed by atoms with Crippen LogP contribution in [0.15, 0.2) is 0 Å². The van der Waals surface area contributed by atoms with Gasteiger partial charge in [-0.1, -0.05) is 0 Å². The average Bonchev–Trinajstić information content (AvgIpc) is 2.61. The first-order chi connectivity index (χ1) is 13.2. The highest BCUT2D eigenvalue weighted by Gasteiger charge is 2.38. The van der Waals surface area contributed by atoms with Gasteiger partial charge in [0.15, 0.2) is 0 Å². The van der Waals surface area contributed by atoms with Crippen LogP contribution in [0.25, 0.3) is 0 Å². The predicted octanol–water partition coefficient (Wildman–Crippen LogP) is 2.86. The number of benzene rings is 1. The summed E-state index contributed by atoms with van der Waals surface area (Å²) in [4.78, 5) is 22.9. The summed E-state index contributed by atoms with van der Waals surface area (Å²) in [7, 11) is -4.93. The molecule has 0 aromatic heterocycles. The monoisotopic (exact) mass is 448 g/mol. The molecule has 0 saturated heterocycles. The summed E-state index contributed by atoms with van der Waals surface area (Å²) in [5, 5.41) is 12.7. The van der Waals surface area contributed by atoms with Crippen molar-refractivity contribution in [1.29, 1.82) is 0 Å². The van der Waals surface area contributed by atoms with Gasteiger partial charge in [-0.2, -0.15) is 8.78 Å². The summed E-state index contributed by atoms with van der Waals surface area (Å²) in [5.41, 5.74) is 0. The molecule has 1 aromatic rings. The highest BCUT2D eigenvalue weighted by atomic mass is 31.2. The molecule has 0 fully saturated rings. The summed E-state index contributed by atoms with van der Waals surface area (Å²) in [6.45, 7) is 5.02. The largest absolute Gasteiger partial charge is 0.480 e. The van der Waals surface area contributed by atoms with E-state index >= 15 is 0 Å². The van der Waals surface area contributed by atoms with Crippen LogP contribution in [-0.2, 0) is 18.9 Å². The molecule has 0 saturated carbocycles. The number of rotatable bonds is 9. The number of carboxylic acid groups (broad SMARTS) is 1. The van der Waals surface area contributed by atoms with Crippen LogP contribution in [0.4, 0.5) is 22.0 Å². The predicted molar refractivity (Wildman–Crippen MR) is 88.5 cm³/mol. The number of esters is 1. The standard InChI is InChI=1S/C15H18F5N2O6P/c1-5(2)27-15(25)7(4)22-29(26,21-6(3)14(23)24)28-13-11(19)9(17)8(16)10(18)12(13)20/h5-7H,1-4H3,(H,23,24)(H2,21,22,26). The molecule has 0 aliphatic rings. The fourth-order valence-corrected chi connectivity index (χ4v) is 3.67. The van der Waals surface area contributed by atoms with Crippen LogP contribution in [0, 0.1) is 29.1 Å². The Morgan fingerprint density at radius 2 is 1.28 bits per heavy atom. The summed E-state index contributed by atoms with van der Waals surface area (Å²) in [6, 6.07) is -3.17. The molecule has 0 aliphatic heterocycles. The van der Waals surface area contributed by atoms with Crippen molar-refractivity contribution >= 4 is 19.6 Å². The molecule has 164 valence electrons. The quantitative estimate of drug-likeness (QED) is 0.174. The zero-order chi connectivity index (χ0) is 22.7. The molecule has 0 bridgehead atoms. The van der Waals surface area contributed by atoms with Gasteiger partial charge in [0.05, 0.1) is 6.10 Å². The van der Waals surface area contributed by atoms with Gasteiger partial charge in [0.25, 0.3) is 0 Å². The summed E-state index contributed by atoms with van der Waals surface area (Å²) >= 11 is 0. The van der Waals surface area contributed by atoms with E-state index in [4.69, 9.17) is 9.84 Å². The first-order valence-electron chi connectivity index (χ1n) is 8.00. The van der Waals surface area contributed by atoms with E-state index < -0.39 is 72.6 Å². The lowest BCUT2D eigenvalue weighted by Crippen LogP contribution is -2.43. The zero-order valence-corrected chi connectivity index (χ0v) is 16.5. The van der Waals surface area contributed by atoms with Crippen LogP contribution in [0.2, 0.25) is 0 Å². The third-order valence-electron chi connectivity index (χ3n) is 3.19. The van der Waals surface area contributed by atoms with E-state index in [0.717, 1.165) is 13.8 Å². The first-order valence-corrected chi connectivity index (χ1v) is 9.62. The number of carboxylic acids is 1. The molecule has 0 aliphatic carbocycles. The molecule has 14 heteroatoms. The van der Waals surface area contributed by atoms with E-state index in [2.05, 4.69) is 4.52 Å². The molecule has 1 rings (SSSR count). The molecule has 0 spiro atoms. The summed E-state index contributed by atoms with van der Waals surface area (Å²) in [6.07, 6.45) is -0.604. The van der Waals surface area contributed by atoms with E-state index in [9.17, 15) is 36.1 Å². The van der Waals surface area contributed by atoms with Crippen molar-refractivity contribution in [2.45, 2.75) is 45.9 Å². The Balaban J connectivity index is 3.35. The third-order valence-corrected chi connectivity index (χ3v) is 5.09. The van der Waals surface area contributed by atoms with Gasteiger partial charge in [0.1, 0.15) is 12.1 Å². The van der Waals surface area contributed by atoms with Crippen LogP contribution >= 0.6 is 7.67 Å². The molecule has 3 unspecified atom stereocenters. The first kappa shape index (κ1) is 24.8. The second kappa shape index (κ2) is 9.51. The molecule has 8 nitrogen and oxygen atoms in total. The molecule has 29 heavy (non-hydrogen) atoms. The second-order valence-electron chi connectivity index (χ2n) is 6.07. The Morgan fingerprint density at radius 1 is 0.862 bits per heavy atom. The van der Waals surface area contributed by atoms with Crippen molar-refractivity contribution in [2.75, 3.05) is 0 Å². The van der Waals surface area contributed by atoms with E-state index in [-0.39, 0.29) is 0 Å². The lowest BCUT2D eigenvalue weighted by Gasteiger charge is -2.26. The highest BCUT2D eigenvalue weighted by Crippen LogP contribution is 2.43. The lowest BCUT2D eigenvalue weighted by molar-refractivity contribution is -0.149. The maximum absolute atomic E-state index is 13.9. The van der Waals surface area contributed by atoms with Gasteiger partial charge in [-0.25, -0.2) is 27.9 Å². The van der Waals surface area contributed by atoms with E-state index in [0.29, 0.717) is 0 Å². The Hall–Kier alpha value is -2.24. The van der Waals surface area contributed by atoms with Crippen LogP contribution in [0.5, 0.6) is 5.75 Å². The van der Waals surface area contributed by atoms with Crippen molar-refractivity contribution < 1.29 is 50.5 Å². The number of halogens is 5.